The zero-order valence-corrected chi connectivity index (χ0v) is 22.9. The van der Waals surface area contributed by atoms with Gasteiger partial charge >= 0.3 is 0 Å². The molecule has 2 aliphatic heterocycles. The summed E-state index contributed by atoms with van der Waals surface area (Å²) in [6.45, 7) is 6.65. The van der Waals surface area contributed by atoms with Crippen molar-refractivity contribution < 1.29 is 14.6 Å². The van der Waals surface area contributed by atoms with Gasteiger partial charge in [0.2, 0.25) is 11.8 Å². The third-order valence-corrected chi connectivity index (χ3v) is 7.22. The maximum absolute atomic E-state index is 9.47. The molecule has 9 nitrogen and oxygen atoms in total. The second kappa shape index (κ2) is 12.5. The first-order chi connectivity index (χ1) is 18.4. The Labute approximate surface area is 232 Å². The van der Waals surface area contributed by atoms with Crippen LogP contribution < -0.4 is 9.64 Å². The number of rotatable bonds is 7. The first-order valence-corrected chi connectivity index (χ1v) is 13.6. The molecule has 0 spiro atoms. The molecule has 2 aliphatic rings. The summed E-state index contributed by atoms with van der Waals surface area (Å²) in [7, 11) is 2.12. The van der Waals surface area contributed by atoms with Crippen LogP contribution in [0.2, 0.25) is 10.0 Å². The first-order valence-electron chi connectivity index (χ1n) is 12.8. The molecule has 1 aromatic carbocycles. The molecule has 4 heterocycles. The van der Waals surface area contributed by atoms with E-state index < -0.39 is 0 Å². The number of nitrogens with zero attached hydrogens (tertiary/aromatic N) is 6. The third kappa shape index (κ3) is 7.11. The lowest BCUT2D eigenvalue weighted by molar-refractivity contribution is 0.0209. The second-order valence-electron chi connectivity index (χ2n) is 9.71. The molecule has 38 heavy (non-hydrogen) atoms. The molecule has 2 saturated heterocycles. The van der Waals surface area contributed by atoms with E-state index in [4.69, 9.17) is 37.7 Å². The molecule has 5 rings (SSSR count). The quantitative estimate of drug-likeness (QED) is 0.462. The number of piperazine rings is 1. The Hall–Kier alpha value is -2.53. The summed E-state index contributed by atoms with van der Waals surface area (Å²) in [5.74, 6) is 1.64. The predicted octanol–water partition coefficient (Wildman–Crippen LogP) is 3.97. The van der Waals surface area contributed by atoms with Crippen molar-refractivity contribution in [3.63, 3.8) is 0 Å². The number of aliphatic hydroxyl groups excluding tert-OH is 1. The van der Waals surface area contributed by atoms with Crippen molar-refractivity contribution in [3.05, 3.63) is 58.3 Å². The zero-order chi connectivity index (χ0) is 26.5. The van der Waals surface area contributed by atoms with Gasteiger partial charge in [-0.1, -0.05) is 23.2 Å². The molecule has 2 aromatic heterocycles. The summed E-state index contributed by atoms with van der Waals surface area (Å²) in [6.07, 6.45) is 4.03. The van der Waals surface area contributed by atoms with Crippen molar-refractivity contribution in [2.24, 2.45) is 0 Å². The normalized spacial score (nSPS) is 19.4. The highest BCUT2D eigenvalue weighted by molar-refractivity contribution is 6.35. The summed E-state index contributed by atoms with van der Waals surface area (Å²) in [6, 6.07) is 9.32. The molecular weight excluding hydrogens is 527 g/mol. The van der Waals surface area contributed by atoms with Gasteiger partial charge in [-0.3, -0.25) is 4.90 Å². The third-order valence-electron chi connectivity index (χ3n) is 6.78. The number of hydrogen-bond acceptors (Lipinski definition) is 9. The molecule has 202 valence electrons. The highest BCUT2D eigenvalue weighted by atomic mass is 35.5. The smallest absolute Gasteiger partial charge is 0.225 e. The van der Waals surface area contributed by atoms with Gasteiger partial charge in [-0.2, -0.15) is 0 Å². The minimum absolute atomic E-state index is 0.0381. The lowest BCUT2D eigenvalue weighted by Gasteiger charge is -2.32. The maximum atomic E-state index is 9.47. The number of benzene rings is 1. The van der Waals surface area contributed by atoms with E-state index in [1.807, 2.05) is 24.3 Å². The van der Waals surface area contributed by atoms with E-state index in [1.165, 1.54) is 0 Å². The van der Waals surface area contributed by atoms with Crippen LogP contribution in [0.4, 0.5) is 5.95 Å². The molecule has 0 aliphatic carbocycles. The molecule has 1 atom stereocenters. The number of anilines is 1. The van der Waals surface area contributed by atoms with Gasteiger partial charge in [0, 0.05) is 67.5 Å². The fourth-order valence-electron chi connectivity index (χ4n) is 4.64. The molecule has 2 fully saturated rings. The number of aromatic nitrogens is 3. The van der Waals surface area contributed by atoms with E-state index >= 15 is 0 Å². The van der Waals surface area contributed by atoms with Crippen LogP contribution in [-0.2, 0) is 11.3 Å². The molecule has 0 saturated carbocycles. The van der Waals surface area contributed by atoms with Crippen molar-refractivity contribution in [2.45, 2.75) is 19.1 Å². The lowest BCUT2D eigenvalue weighted by Crippen LogP contribution is -2.45. The van der Waals surface area contributed by atoms with E-state index in [2.05, 4.69) is 31.7 Å². The Morgan fingerprint density at radius 2 is 1.71 bits per heavy atom. The number of halogens is 2. The van der Waals surface area contributed by atoms with Gasteiger partial charge in [0.1, 0.15) is 0 Å². The van der Waals surface area contributed by atoms with Crippen molar-refractivity contribution in [2.75, 3.05) is 64.4 Å². The fraction of sp³-hybridized carbons (Fsp3) is 0.444. The summed E-state index contributed by atoms with van der Waals surface area (Å²) in [4.78, 5) is 20.6. The number of pyridine rings is 1. The summed E-state index contributed by atoms with van der Waals surface area (Å²) >= 11 is 12.6. The van der Waals surface area contributed by atoms with Crippen LogP contribution in [0, 0.1) is 0 Å². The standard InChI is InChI=1S/C27H32Cl2N6O3/c1-33-4-6-35(7-5-33)27-30-15-24(16-31-27)38-26-11-19(17-34-3-2-23(18-36)37-9-8-34)10-25(32-26)20-12-21(28)14-22(29)13-20/h10-16,23,36H,2-9,17-18H2,1H3. The second-order valence-corrected chi connectivity index (χ2v) is 10.6. The van der Waals surface area contributed by atoms with E-state index in [0.29, 0.717) is 46.5 Å². The molecule has 3 aromatic rings. The average Bonchev–Trinajstić information content (AvgIpc) is 3.14. The fourth-order valence-corrected chi connectivity index (χ4v) is 5.16. The number of likely N-dealkylation sites (N-methyl/N-ethyl adjacent to an activating group) is 1. The Morgan fingerprint density at radius 3 is 2.42 bits per heavy atom. The van der Waals surface area contributed by atoms with E-state index in [-0.39, 0.29) is 12.7 Å². The van der Waals surface area contributed by atoms with Crippen LogP contribution >= 0.6 is 23.2 Å². The SMILES string of the molecule is CN1CCN(c2ncc(Oc3cc(CN4CCOC(CO)CC4)cc(-c4cc(Cl)cc(Cl)c4)n3)cn2)CC1. The van der Waals surface area contributed by atoms with Crippen LogP contribution in [0.25, 0.3) is 11.3 Å². The molecule has 0 amide bonds. The van der Waals surface area contributed by atoms with Gasteiger partial charge in [-0.05, 0) is 43.3 Å². The summed E-state index contributed by atoms with van der Waals surface area (Å²) < 4.78 is 11.9. The Morgan fingerprint density at radius 1 is 0.974 bits per heavy atom. The van der Waals surface area contributed by atoms with Crippen molar-refractivity contribution in [1.82, 2.24) is 24.8 Å². The van der Waals surface area contributed by atoms with Crippen molar-refractivity contribution >= 4 is 29.2 Å². The van der Waals surface area contributed by atoms with Crippen LogP contribution in [0.3, 0.4) is 0 Å². The Balaban J connectivity index is 1.38. The molecule has 1 N–H and O–H groups in total. The number of ether oxygens (including phenoxy) is 2. The van der Waals surface area contributed by atoms with E-state index in [0.717, 1.165) is 56.8 Å². The topological polar surface area (TPSA) is 87.1 Å². The van der Waals surface area contributed by atoms with Gasteiger partial charge in [-0.25, -0.2) is 15.0 Å². The molecule has 0 radical (unpaired) electrons. The van der Waals surface area contributed by atoms with Crippen molar-refractivity contribution in [3.8, 4) is 22.9 Å². The highest BCUT2D eigenvalue weighted by Crippen LogP contribution is 2.30. The first kappa shape index (κ1) is 27.1. The average molecular weight is 559 g/mol. The number of aliphatic hydroxyl groups is 1. The zero-order valence-electron chi connectivity index (χ0n) is 21.4. The lowest BCUT2D eigenvalue weighted by atomic mass is 10.1. The summed E-state index contributed by atoms with van der Waals surface area (Å²) in [5.41, 5.74) is 2.53. The van der Waals surface area contributed by atoms with Crippen LogP contribution in [0.5, 0.6) is 11.6 Å². The van der Waals surface area contributed by atoms with Gasteiger partial charge in [0.25, 0.3) is 0 Å². The molecule has 11 heteroatoms. The molecule has 1 unspecified atom stereocenters. The van der Waals surface area contributed by atoms with Gasteiger partial charge in [-0.15, -0.1) is 0 Å². The largest absolute Gasteiger partial charge is 0.436 e. The van der Waals surface area contributed by atoms with E-state index in [1.54, 1.807) is 18.5 Å². The van der Waals surface area contributed by atoms with Crippen LogP contribution in [-0.4, -0.2) is 95.5 Å². The van der Waals surface area contributed by atoms with Crippen LogP contribution in [0.1, 0.15) is 12.0 Å². The minimum Gasteiger partial charge on any atom is -0.436 e. The monoisotopic (exact) mass is 558 g/mol. The van der Waals surface area contributed by atoms with Gasteiger partial charge in [0.15, 0.2) is 5.75 Å². The van der Waals surface area contributed by atoms with Crippen LogP contribution in [0.15, 0.2) is 42.7 Å². The number of hydrogen-bond donors (Lipinski definition) is 1. The predicted molar refractivity (Wildman–Crippen MR) is 148 cm³/mol. The van der Waals surface area contributed by atoms with Crippen molar-refractivity contribution in [1.29, 1.82) is 0 Å². The molecule has 0 bridgehead atoms. The van der Waals surface area contributed by atoms with Gasteiger partial charge < -0.3 is 24.4 Å². The molecular formula is C27H32Cl2N6O3. The Bertz CT molecular complexity index is 1200. The minimum atomic E-state index is -0.116. The Kier molecular flexibility index (Phi) is 8.93. The maximum Gasteiger partial charge on any atom is 0.225 e. The van der Waals surface area contributed by atoms with Gasteiger partial charge in [0.05, 0.1) is 37.4 Å². The summed E-state index contributed by atoms with van der Waals surface area (Å²) in [5, 5.41) is 10.5. The van der Waals surface area contributed by atoms with E-state index in [9.17, 15) is 5.11 Å². The highest BCUT2D eigenvalue weighted by Gasteiger charge is 2.19.